The standard InChI is InChI=1S/C16H25N5/c1-5-9-17-15-13(7-3)12(4)19-16(20-15)14-8-10-18-21(14)11-6-2/h8,10H,5-7,9,11H2,1-4H3,(H,17,19,20). The molecule has 114 valence electrons. The molecule has 0 aromatic carbocycles. The summed E-state index contributed by atoms with van der Waals surface area (Å²) in [5, 5.41) is 7.79. The summed E-state index contributed by atoms with van der Waals surface area (Å²) >= 11 is 0. The minimum Gasteiger partial charge on any atom is -0.370 e. The zero-order chi connectivity index (χ0) is 15.2. The van der Waals surface area contributed by atoms with Crippen LogP contribution < -0.4 is 5.32 Å². The van der Waals surface area contributed by atoms with Gasteiger partial charge in [-0.3, -0.25) is 4.68 Å². The molecular weight excluding hydrogens is 262 g/mol. The van der Waals surface area contributed by atoms with Gasteiger partial charge in [0, 0.05) is 30.5 Å². The summed E-state index contributed by atoms with van der Waals surface area (Å²) in [6.45, 7) is 10.3. The topological polar surface area (TPSA) is 55.6 Å². The molecule has 0 unspecified atom stereocenters. The van der Waals surface area contributed by atoms with Crippen LogP contribution in [0.15, 0.2) is 12.3 Å². The van der Waals surface area contributed by atoms with Gasteiger partial charge in [-0.15, -0.1) is 0 Å². The third-order valence-corrected chi connectivity index (χ3v) is 3.49. The minimum absolute atomic E-state index is 0.759. The fourth-order valence-corrected chi connectivity index (χ4v) is 2.44. The molecule has 0 saturated heterocycles. The predicted octanol–water partition coefficient (Wildman–Crippen LogP) is 3.44. The van der Waals surface area contributed by atoms with Gasteiger partial charge >= 0.3 is 0 Å². The van der Waals surface area contributed by atoms with E-state index in [0.29, 0.717) is 0 Å². The lowest BCUT2D eigenvalue weighted by Gasteiger charge is -2.14. The SMILES string of the molecule is CCCNc1nc(-c2ccnn2CCC)nc(C)c1CC. The van der Waals surface area contributed by atoms with Crippen LogP contribution in [-0.4, -0.2) is 26.3 Å². The maximum absolute atomic E-state index is 4.74. The highest BCUT2D eigenvalue weighted by atomic mass is 15.3. The Morgan fingerprint density at radius 2 is 1.95 bits per heavy atom. The Morgan fingerprint density at radius 3 is 2.62 bits per heavy atom. The summed E-state index contributed by atoms with van der Waals surface area (Å²) in [6.07, 6.45) is 4.87. The molecule has 0 radical (unpaired) electrons. The summed E-state index contributed by atoms with van der Waals surface area (Å²) in [5.74, 6) is 1.72. The molecule has 5 heteroatoms. The summed E-state index contributed by atoms with van der Waals surface area (Å²) in [7, 11) is 0. The number of nitrogens with zero attached hydrogens (tertiary/aromatic N) is 4. The monoisotopic (exact) mass is 287 g/mol. The van der Waals surface area contributed by atoms with Crippen molar-refractivity contribution >= 4 is 5.82 Å². The minimum atomic E-state index is 0.759. The summed E-state index contributed by atoms with van der Waals surface area (Å²) in [4.78, 5) is 9.43. The normalized spacial score (nSPS) is 10.9. The van der Waals surface area contributed by atoms with E-state index in [2.05, 4.69) is 43.1 Å². The highest BCUT2D eigenvalue weighted by molar-refractivity contribution is 5.56. The molecule has 1 N–H and O–H groups in total. The van der Waals surface area contributed by atoms with Crippen LogP contribution >= 0.6 is 0 Å². The molecule has 2 rings (SSSR count). The zero-order valence-electron chi connectivity index (χ0n) is 13.5. The highest BCUT2D eigenvalue weighted by Crippen LogP contribution is 2.23. The van der Waals surface area contributed by atoms with Crippen LogP contribution in [-0.2, 0) is 13.0 Å². The lowest BCUT2D eigenvalue weighted by atomic mass is 10.1. The van der Waals surface area contributed by atoms with Crippen LogP contribution in [0.25, 0.3) is 11.5 Å². The van der Waals surface area contributed by atoms with Gasteiger partial charge < -0.3 is 5.32 Å². The predicted molar refractivity (Wildman–Crippen MR) is 86.4 cm³/mol. The fraction of sp³-hybridized carbons (Fsp3) is 0.562. The van der Waals surface area contributed by atoms with Gasteiger partial charge in [0.2, 0.25) is 0 Å². The van der Waals surface area contributed by atoms with Gasteiger partial charge in [0.1, 0.15) is 11.5 Å². The Morgan fingerprint density at radius 1 is 1.14 bits per heavy atom. The first kappa shape index (κ1) is 15.5. The van der Waals surface area contributed by atoms with Crippen molar-refractivity contribution in [2.75, 3.05) is 11.9 Å². The number of hydrogen-bond acceptors (Lipinski definition) is 4. The Bertz CT molecular complexity index is 588. The molecule has 2 aromatic rings. The first-order chi connectivity index (χ1) is 10.2. The molecule has 0 fully saturated rings. The average molecular weight is 287 g/mol. The van der Waals surface area contributed by atoms with Crippen molar-refractivity contribution < 1.29 is 0 Å². The summed E-state index contributed by atoms with van der Waals surface area (Å²) in [5.41, 5.74) is 3.24. The Labute approximate surface area is 126 Å². The Kier molecular flexibility index (Phi) is 5.31. The third-order valence-electron chi connectivity index (χ3n) is 3.49. The van der Waals surface area contributed by atoms with Gasteiger partial charge in [-0.1, -0.05) is 20.8 Å². The number of hydrogen-bond donors (Lipinski definition) is 1. The second-order valence-corrected chi connectivity index (χ2v) is 5.18. The van der Waals surface area contributed by atoms with Crippen LogP contribution in [0.1, 0.15) is 44.9 Å². The largest absolute Gasteiger partial charge is 0.370 e. The van der Waals surface area contributed by atoms with E-state index in [0.717, 1.165) is 55.4 Å². The van der Waals surface area contributed by atoms with E-state index in [9.17, 15) is 0 Å². The maximum atomic E-state index is 4.74. The molecule has 0 amide bonds. The highest BCUT2D eigenvalue weighted by Gasteiger charge is 2.14. The third kappa shape index (κ3) is 3.40. The molecule has 0 aliphatic carbocycles. The lowest BCUT2D eigenvalue weighted by molar-refractivity contribution is 0.606. The average Bonchev–Trinajstić information content (AvgIpc) is 2.93. The van der Waals surface area contributed by atoms with E-state index < -0.39 is 0 Å². The van der Waals surface area contributed by atoms with Crippen LogP contribution in [0.5, 0.6) is 0 Å². The van der Waals surface area contributed by atoms with Crippen LogP contribution in [0.3, 0.4) is 0 Å². The van der Waals surface area contributed by atoms with Crippen molar-refractivity contribution in [2.24, 2.45) is 0 Å². The zero-order valence-corrected chi connectivity index (χ0v) is 13.5. The fourth-order valence-electron chi connectivity index (χ4n) is 2.44. The summed E-state index contributed by atoms with van der Waals surface area (Å²) < 4.78 is 1.98. The van der Waals surface area contributed by atoms with Gasteiger partial charge in [-0.05, 0) is 32.3 Å². The van der Waals surface area contributed by atoms with Crippen molar-refractivity contribution in [2.45, 2.75) is 53.5 Å². The van der Waals surface area contributed by atoms with E-state index in [1.165, 1.54) is 5.56 Å². The van der Waals surface area contributed by atoms with E-state index >= 15 is 0 Å². The number of aromatic nitrogens is 4. The van der Waals surface area contributed by atoms with Crippen LogP contribution in [0.4, 0.5) is 5.82 Å². The van der Waals surface area contributed by atoms with Gasteiger partial charge in [0.15, 0.2) is 5.82 Å². The van der Waals surface area contributed by atoms with Crippen molar-refractivity contribution in [1.82, 2.24) is 19.7 Å². The molecule has 0 aliphatic rings. The van der Waals surface area contributed by atoms with Gasteiger partial charge in [0.05, 0.1) is 0 Å². The van der Waals surface area contributed by atoms with Crippen molar-refractivity contribution in [1.29, 1.82) is 0 Å². The molecule has 5 nitrogen and oxygen atoms in total. The first-order valence-corrected chi connectivity index (χ1v) is 7.84. The molecule has 0 atom stereocenters. The molecule has 0 saturated carbocycles. The maximum Gasteiger partial charge on any atom is 0.180 e. The molecule has 2 aromatic heterocycles. The van der Waals surface area contributed by atoms with Crippen molar-refractivity contribution in [3.05, 3.63) is 23.5 Å². The number of rotatable bonds is 7. The molecule has 2 heterocycles. The second kappa shape index (κ2) is 7.20. The number of anilines is 1. The molecule has 0 spiro atoms. The molecule has 0 bridgehead atoms. The van der Waals surface area contributed by atoms with Gasteiger partial charge in [-0.2, -0.15) is 5.10 Å². The Hall–Kier alpha value is -1.91. The van der Waals surface area contributed by atoms with E-state index in [4.69, 9.17) is 4.98 Å². The quantitative estimate of drug-likeness (QED) is 0.847. The van der Waals surface area contributed by atoms with E-state index in [1.54, 1.807) is 0 Å². The Balaban J connectivity index is 2.44. The van der Waals surface area contributed by atoms with Gasteiger partial charge in [-0.25, -0.2) is 9.97 Å². The summed E-state index contributed by atoms with van der Waals surface area (Å²) in [6, 6.07) is 1.99. The lowest BCUT2D eigenvalue weighted by Crippen LogP contribution is -2.11. The second-order valence-electron chi connectivity index (χ2n) is 5.18. The smallest absolute Gasteiger partial charge is 0.180 e. The van der Waals surface area contributed by atoms with Crippen molar-refractivity contribution in [3.8, 4) is 11.5 Å². The number of aryl methyl sites for hydroxylation is 2. The molecule has 21 heavy (non-hydrogen) atoms. The van der Waals surface area contributed by atoms with Crippen molar-refractivity contribution in [3.63, 3.8) is 0 Å². The van der Waals surface area contributed by atoms with Crippen LogP contribution in [0.2, 0.25) is 0 Å². The molecular formula is C16H25N5. The first-order valence-electron chi connectivity index (χ1n) is 7.84. The molecule has 0 aliphatic heterocycles. The van der Waals surface area contributed by atoms with E-state index in [1.807, 2.05) is 16.9 Å². The number of nitrogens with one attached hydrogen (secondary N) is 1. The van der Waals surface area contributed by atoms with Gasteiger partial charge in [0.25, 0.3) is 0 Å². The van der Waals surface area contributed by atoms with E-state index in [-0.39, 0.29) is 0 Å². The van der Waals surface area contributed by atoms with Crippen LogP contribution in [0, 0.1) is 6.92 Å².